The third-order valence-corrected chi connectivity index (χ3v) is 9.19. The summed E-state index contributed by atoms with van der Waals surface area (Å²) in [6.45, 7) is 6.16. The van der Waals surface area contributed by atoms with Crippen LogP contribution in [0, 0.1) is 13.8 Å². The fraction of sp³-hybridized carbons (Fsp3) is 0.533. The van der Waals surface area contributed by atoms with E-state index in [9.17, 15) is 18.0 Å². The van der Waals surface area contributed by atoms with E-state index < -0.39 is 16.1 Å². The summed E-state index contributed by atoms with van der Waals surface area (Å²) in [6, 6.07) is 12.6. The minimum Gasteiger partial charge on any atom is -0.352 e. The Bertz CT molecular complexity index is 1240. The van der Waals surface area contributed by atoms with Gasteiger partial charge in [0.1, 0.15) is 6.04 Å². The molecule has 0 saturated heterocycles. The van der Waals surface area contributed by atoms with Gasteiger partial charge in [-0.05, 0) is 68.4 Å². The van der Waals surface area contributed by atoms with Crippen LogP contribution < -0.4 is 9.62 Å². The first-order valence-electron chi connectivity index (χ1n) is 13.9. The van der Waals surface area contributed by atoms with Gasteiger partial charge >= 0.3 is 0 Å². The number of carbonyl (C=O) groups is 2. The molecule has 214 valence electrons. The molecule has 0 aromatic heterocycles. The van der Waals surface area contributed by atoms with E-state index in [0.717, 1.165) is 43.1 Å². The van der Waals surface area contributed by atoms with Gasteiger partial charge in [0.15, 0.2) is 0 Å². The van der Waals surface area contributed by atoms with Crippen molar-refractivity contribution in [2.24, 2.45) is 0 Å². The zero-order valence-electron chi connectivity index (χ0n) is 23.6. The second-order valence-corrected chi connectivity index (χ2v) is 12.9. The molecular formula is C30H42ClN3O4S. The van der Waals surface area contributed by atoms with Crippen LogP contribution in [0.25, 0.3) is 0 Å². The largest absolute Gasteiger partial charge is 0.352 e. The van der Waals surface area contributed by atoms with Crippen LogP contribution in [0.15, 0.2) is 42.5 Å². The molecule has 0 spiro atoms. The van der Waals surface area contributed by atoms with Crippen molar-refractivity contribution in [3.05, 3.63) is 64.2 Å². The van der Waals surface area contributed by atoms with Crippen molar-refractivity contribution in [3.8, 4) is 0 Å². The third kappa shape index (κ3) is 8.45. The minimum absolute atomic E-state index is 0.112. The van der Waals surface area contributed by atoms with Gasteiger partial charge in [-0.25, -0.2) is 8.42 Å². The Morgan fingerprint density at radius 3 is 2.38 bits per heavy atom. The highest BCUT2D eigenvalue weighted by molar-refractivity contribution is 7.92. The van der Waals surface area contributed by atoms with Crippen LogP contribution in [0.1, 0.15) is 75.0 Å². The Kier molecular flexibility index (Phi) is 11.2. The van der Waals surface area contributed by atoms with Crippen LogP contribution in [-0.4, -0.2) is 50.0 Å². The maximum absolute atomic E-state index is 13.7. The van der Waals surface area contributed by atoms with Gasteiger partial charge in [-0.1, -0.05) is 68.1 Å². The molecule has 2 aromatic carbocycles. The Morgan fingerprint density at radius 1 is 1.05 bits per heavy atom. The predicted octanol–water partition coefficient (Wildman–Crippen LogP) is 5.76. The lowest BCUT2D eigenvalue weighted by Crippen LogP contribution is -2.51. The zero-order chi connectivity index (χ0) is 28.6. The molecule has 7 nitrogen and oxygen atoms in total. The van der Waals surface area contributed by atoms with Crippen LogP contribution in [0.2, 0.25) is 5.02 Å². The molecular weight excluding hydrogens is 534 g/mol. The van der Waals surface area contributed by atoms with E-state index in [1.165, 1.54) is 10.7 Å². The molecule has 1 saturated carbocycles. The van der Waals surface area contributed by atoms with E-state index in [2.05, 4.69) is 5.32 Å². The highest BCUT2D eigenvalue weighted by Gasteiger charge is 2.31. The van der Waals surface area contributed by atoms with E-state index in [1.54, 1.807) is 30.0 Å². The average Bonchev–Trinajstić information content (AvgIpc) is 2.89. The van der Waals surface area contributed by atoms with Crippen molar-refractivity contribution in [1.29, 1.82) is 0 Å². The van der Waals surface area contributed by atoms with Gasteiger partial charge in [0.25, 0.3) is 0 Å². The number of nitrogens with zero attached hydrogens (tertiary/aromatic N) is 2. The van der Waals surface area contributed by atoms with Crippen molar-refractivity contribution < 1.29 is 18.0 Å². The van der Waals surface area contributed by atoms with Gasteiger partial charge < -0.3 is 10.2 Å². The summed E-state index contributed by atoms with van der Waals surface area (Å²) in [5.74, 6) is -0.279. The first-order valence-corrected chi connectivity index (χ1v) is 16.1. The number of anilines is 1. The molecule has 3 rings (SSSR count). The van der Waals surface area contributed by atoms with E-state index in [1.807, 2.05) is 38.1 Å². The number of nitrogens with one attached hydrogen (secondary N) is 1. The fourth-order valence-corrected chi connectivity index (χ4v) is 6.47. The number of hydrogen-bond acceptors (Lipinski definition) is 4. The van der Waals surface area contributed by atoms with Crippen LogP contribution in [0.4, 0.5) is 5.69 Å². The molecule has 1 aliphatic rings. The second kappa shape index (κ2) is 14.2. The highest BCUT2D eigenvalue weighted by Crippen LogP contribution is 2.29. The molecule has 1 unspecified atom stereocenters. The summed E-state index contributed by atoms with van der Waals surface area (Å²) in [7, 11) is -3.59. The standard InChI is InChI=1S/C30H42ClN3O4S/c1-5-27(30(36)32-25-15-7-6-8-16-25)33(21-24-14-10-9-13-22(24)2)29(35)19-12-20-34(39(4,37)38)28-18-11-17-26(31)23(28)3/h9-11,13-14,17-18,25,27H,5-8,12,15-16,19-21H2,1-4H3,(H,32,36). The molecule has 1 N–H and O–H groups in total. The second-order valence-electron chi connectivity index (χ2n) is 10.5. The highest BCUT2D eigenvalue weighted by atomic mass is 35.5. The molecule has 1 aliphatic carbocycles. The maximum atomic E-state index is 13.7. The van der Waals surface area contributed by atoms with Crippen LogP contribution in [0.5, 0.6) is 0 Å². The molecule has 0 aliphatic heterocycles. The topological polar surface area (TPSA) is 86.8 Å². The normalized spacial score (nSPS) is 15.0. The number of halogens is 1. The number of sulfonamides is 1. The number of hydrogen-bond donors (Lipinski definition) is 1. The summed E-state index contributed by atoms with van der Waals surface area (Å²) >= 11 is 6.25. The molecule has 0 bridgehead atoms. The van der Waals surface area contributed by atoms with Gasteiger partial charge in [0.2, 0.25) is 21.8 Å². The number of benzene rings is 2. The first-order chi connectivity index (χ1) is 18.5. The van der Waals surface area contributed by atoms with Crippen LogP contribution in [0.3, 0.4) is 0 Å². The summed E-state index contributed by atoms with van der Waals surface area (Å²) in [5.41, 5.74) is 3.22. The molecule has 1 atom stereocenters. The predicted molar refractivity (Wildman–Crippen MR) is 158 cm³/mol. The number of carbonyl (C=O) groups excluding carboxylic acids is 2. The van der Waals surface area contributed by atoms with Crippen molar-refractivity contribution >= 4 is 39.1 Å². The Hall–Kier alpha value is -2.58. The van der Waals surface area contributed by atoms with E-state index in [0.29, 0.717) is 35.7 Å². The quantitative estimate of drug-likeness (QED) is 0.349. The van der Waals surface area contributed by atoms with Gasteiger partial charge in [-0.15, -0.1) is 0 Å². The lowest BCUT2D eigenvalue weighted by atomic mass is 9.95. The lowest BCUT2D eigenvalue weighted by molar-refractivity contribution is -0.141. The van der Waals surface area contributed by atoms with Gasteiger partial charge in [0, 0.05) is 30.6 Å². The van der Waals surface area contributed by atoms with Gasteiger partial charge in [-0.3, -0.25) is 13.9 Å². The summed E-state index contributed by atoms with van der Waals surface area (Å²) in [5, 5.41) is 3.68. The Morgan fingerprint density at radius 2 is 1.74 bits per heavy atom. The third-order valence-electron chi connectivity index (χ3n) is 7.60. The molecule has 1 fully saturated rings. The smallest absolute Gasteiger partial charge is 0.243 e. The van der Waals surface area contributed by atoms with Crippen molar-refractivity contribution in [2.75, 3.05) is 17.1 Å². The summed E-state index contributed by atoms with van der Waals surface area (Å²) in [4.78, 5) is 28.8. The SMILES string of the molecule is CCC(C(=O)NC1CCCCC1)N(Cc1ccccc1C)C(=O)CCCN(c1cccc(Cl)c1C)S(C)(=O)=O. The molecule has 0 heterocycles. The lowest BCUT2D eigenvalue weighted by Gasteiger charge is -2.33. The van der Waals surface area contributed by atoms with Crippen molar-refractivity contribution in [2.45, 2.75) is 90.8 Å². The average molecular weight is 576 g/mol. The molecule has 2 aromatic rings. The van der Waals surface area contributed by atoms with E-state index >= 15 is 0 Å². The minimum atomic E-state index is -3.59. The Labute approximate surface area is 239 Å². The van der Waals surface area contributed by atoms with Gasteiger partial charge in [-0.2, -0.15) is 0 Å². The number of aryl methyl sites for hydroxylation is 1. The summed E-state index contributed by atoms with van der Waals surface area (Å²) in [6.07, 6.45) is 7.42. The van der Waals surface area contributed by atoms with Crippen LogP contribution in [-0.2, 0) is 26.2 Å². The fourth-order valence-electron chi connectivity index (χ4n) is 5.28. The zero-order valence-corrected chi connectivity index (χ0v) is 25.2. The van der Waals surface area contributed by atoms with Crippen molar-refractivity contribution in [1.82, 2.24) is 10.2 Å². The van der Waals surface area contributed by atoms with Crippen LogP contribution >= 0.6 is 11.6 Å². The first kappa shape index (κ1) is 31.0. The monoisotopic (exact) mass is 575 g/mol. The molecule has 9 heteroatoms. The summed E-state index contributed by atoms with van der Waals surface area (Å²) < 4.78 is 26.6. The van der Waals surface area contributed by atoms with E-state index in [4.69, 9.17) is 11.6 Å². The van der Waals surface area contributed by atoms with Crippen molar-refractivity contribution in [3.63, 3.8) is 0 Å². The van der Waals surface area contributed by atoms with E-state index in [-0.39, 0.29) is 30.8 Å². The van der Waals surface area contributed by atoms with Gasteiger partial charge in [0.05, 0.1) is 11.9 Å². The number of amides is 2. The Balaban J connectivity index is 1.79. The molecule has 39 heavy (non-hydrogen) atoms. The number of rotatable bonds is 12. The maximum Gasteiger partial charge on any atom is 0.243 e. The molecule has 0 radical (unpaired) electrons. The molecule has 2 amide bonds.